The lowest BCUT2D eigenvalue weighted by molar-refractivity contribution is 0.179. The van der Waals surface area contributed by atoms with Crippen LogP contribution in [0.5, 0.6) is 0 Å². The molecule has 0 aromatic heterocycles. The van der Waals surface area contributed by atoms with E-state index in [0.717, 1.165) is 0 Å². The zero-order valence-electron chi connectivity index (χ0n) is 10.6. The van der Waals surface area contributed by atoms with E-state index in [2.05, 4.69) is 15.8 Å². The summed E-state index contributed by atoms with van der Waals surface area (Å²) in [6.45, 7) is 2.43. The lowest BCUT2D eigenvalue weighted by Gasteiger charge is -2.13. The van der Waals surface area contributed by atoms with Gasteiger partial charge in [0.25, 0.3) is 0 Å². The predicted molar refractivity (Wildman–Crippen MR) is 79.2 cm³/mol. The Hall–Kier alpha value is -1.24. The lowest BCUT2D eigenvalue weighted by atomic mass is 10.2. The average molecular weight is 304 g/mol. The standard InChI is InChI=1S/C12H15ClFN3OS/c1-8(7-18-2)16-12(19)17-15-6-9-10(13)4-3-5-11(9)14/h3-6,8H,7H2,1-2H3,(H2,16,17,19)/b15-6-/t8-/m0/s1. The number of halogens is 2. The Morgan fingerprint density at radius 1 is 1.63 bits per heavy atom. The Bertz CT molecular complexity index is 450. The van der Waals surface area contributed by atoms with Crippen molar-refractivity contribution in [3.63, 3.8) is 0 Å². The number of rotatable bonds is 5. The summed E-state index contributed by atoms with van der Waals surface area (Å²) in [4.78, 5) is 0. The number of hydrazone groups is 1. The molecule has 0 spiro atoms. The summed E-state index contributed by atoms with van der Waals surface area (Å²) in [5.41, 5.74) is 2.80. The van der Waals surface area contributed by atoms with Crippen molar-refractivity contribution >= 4 is 35.1 Å². The minimum Gasteiger partial charge on any atom is -0.383 e. The van der Waals surface area contributed by atoms with Gasteiger partial charge in [-0.3, -0.25) is 5.43 Å². The van der Waals surface area contributed by atoms with Gasteiger partial charge in [0.1, 0.15) is 5.82 Å². The number of hydrogen-bond donors (Lipinski definition) is 2. The van der Waals surface area contributed by atoms with E-state index in [1.165, 1.54) is 18.3 Å². The van der Waals surface area contributed by atoms with Crippen molar-refractivity contribution in [1.29, 1.82) is 0 Å². The zero-order valence-corrected chi connectivity index (χ0v) is 12.2. The van der Waals surface area contributed by atoms with Crippen molar-refractivity contribution in [3.05, 3.63) is 34.6 Å². The van der Waals surface area contributed by atoms with Crippen LogP contribution in [-0.2, 0) is 4.74 Å². The second kappa shape index (κ2) is 8.04. The van der Waals surface area contributed by atoms with Gasteiger partial charge in [0.2, 0.25) is 0 Å². The summed E-state index contributed by atoms with van der Waals surface area (Å²) in [5.74, 6) is -0.440. The molecule has 7 heteroatoms. The van der Waals surface area contributed by atoms with E-state index < -0.39 is 5.82 Å². The fourth-order valence-electron chi connectivity index (χ4n) is 1.34. The predicted octanol–water partition coefficient (Wildman–Crippen LogP) is 2.31. The molecule has 1 atom stereocenters. The molecule has 1 aromatic rings. The van der Waals surface area contributed by atoms with E-state index in [1.807, 2.05) is 6.92 Å². The third kappa shape index (κ3) is 5.50. The molecular weight excluding hydrogens is 289 g/mol. The number of ether oxygens (including phenoxy) is 1. The molecule has 0 aliphatic rings. The second-order valence-corrected chi connectivity index (χ2v) is 4.65. The maximum absolute atomic E-state index is 13.4. The molecule has 4 nitrogen and oxygen atoms in total. The van der Waals surface area contributed by atoms with Crippen molar-refractivity contribution in [1.82, 2.24) is 10.7 Å². The Balaban J connectivity index is 2.52. The molecule has 0 saturated heterocycles. The van der Waals surface area contributed by atoms with Crippen LogP contribution < -0.4 is 10.7 Å². The molecule has 0 saturated carbocycles. The Labute approximate surface area is 122 Å². The molecule has 104 valence electrons. The van der Waals surface area contributed by atoms with Gasteiger partial charge in [0.05, 0.1) is 17.8 Å². The molecule has 0 heterocycles. The van der Waals surface area contributed by atoms with Gasteiger partial charge in [0, 0.05) is 18.7 Å². The van der Waals surface area contributed by atoms with Gasteiger partial charge in [0.15, 0.2) is 5.11 Å². The Morgan fingerprint density at radius 2 is 2.37 bits per heavy atom. The fraction of sp³-hybridized carbons (Fsp3) is 0.333. The molecule has 0 fully saturated rings. The normalized spacial score (nSPS) is 12.4. The average Bonchev–Trinajstić information content (AvgIpc) is 2.33. The van der Waals surface area contributed by atoms with Crippen LogP contribution in [-0.4, -0.2) is 31.1 Å². The summed E-state index contributed by atoms with van der Waals surface area (Å²) in [5, 5.41) is 7.40. The third-order valence-corrected chi connectivity index (χ3v) is 2.69. The zero-order chi connectivity index (χ0) is 14.3. The number of nitrogens with zero attached hydrogens (tertiary/aromatic N) is 1. The largest absolute Gasteiger partial charge is 0.383 e. The second-order valence-electron chi connectivity index (χ2n) is 3.84. The molecule has 0 bridgehead atoms. The molecule has 0 aliphatic heterocycles. The SMILES string of the molecule is COC[C@H](C)NC(=S)N/N=C\c1c(F)cccc1Cl. The first-order valence-electron chi connectivity index (χ1n) is 5.57. The van der Waals surface area contributed by atoms with E-state index in [1.54, 1.807) is 13.2 Å². The van der Waals surface area contributed by atoms with Crippen LogP contribution in [0.25, 0.3) is 0 Å². The summed E-state index contributed by atoms with van der Waals surface area (Å²) < 4.78 is 18.4. The summed E-state index contributed by atoms with van der Waals surface area (Å²) in [7, 11) is 1.60. The van der Waals surface area contributed by atoms with Crippen molar-refractivity contribution in [3.8, 4) is 0 Å². The van der Waals surface area contributed by atoms with Gasteiger partial charge in [-0.25, -0.2) is 4.39 Å². The highest BCUT2D eigenvalue weighted by Gasteiger charge is 2.04. The van der Waals surface area contributed by atoms with Gasteiger partial charge in [-0.15, -0.1) is 0 Å². The van der Waals surface area contributed by atoms with Crippen LogP contribution in [0.2, 0.25) is 5.02 Å². The molecule has 19 heavy (non-hydrogen) atoms. The first-order valence-corrected chi connectivity index (χ1v) is 6.35. The summed E-state index contributed by atoms with van der Waals surface area (Å²) in [6, 6.07) is 4.48. The first-order chi connectivity index (χ1) is 9.04. The van der Waals surface area contributed by atoms with E-state index in [9.17, 15) is 4.39 Å². The van der Waals surface area contributed by atoms with Gasteiger partial charge < -0.3 is 10.1 Å². The summed E-state index contributed by atoms with van der Waals surface area (Å²) in [6.07, 6.45) is 1.28. The molecule has 2 N–H and O–H groups in total. The number of hydrogen-bond acceptors (Lipinski definition) is 3. The topological polar surface area (TPSA) is 45.6 Å². The van der Waals surface area contributed by atoms with Crippen LogP contribution in [0.4, 0.5) is 4.39 Å². The van der Waals surface area contributed by atoms with Crippen molar-refractivity contribution in [2.24, 2.45) is 5.10 Å². The van der Waals surface area contributed by atoms with Crippen molar-refractivity contribution in [2.45, 2.75) is 13.0 Å². The highest BCUT2D eigenvalue weighted by atomic mass is 35.5. The van der Waals surface area contributed by atoms with Crippen molar-refractivity contribution < 1.29 is 9.13 Å². The lowest BCUT2D eigenvalue weighted by Crippen LogP contribution is -2.40. The third-order valence-electron chi connectivity index (χ3n) is 2.15. The number of methoxy groups -OCH3 is 1. The maximum Gasteiger partial charge on any atom is 0.187 e. The summed E-state index contributed by atoms with van der Waals surface area (Å²) >= 11 is 10.9. The molecule has 0 aliphatic carbocycles. The fourth-order valence-corrected chi connectivity index (χ4v) is 1.80. The van der Waals surface area contributed by atoms with Crippen molar-refractivity contribution in [2.75, 3.05) is 13.7 Å². The Kier molecular flexibility index (Phi) is 6.69. The quantitative estimate of drug-likeness (QED) is 0.498. The minimum atomic E-state index is -0.440. The highest BCUT2D eigenvalue weighted by molar-refractivity contribution is 7.80. The van der Waals surface area contributed by atoms with Crippen LogP contribution in [0.1, 0.15) is 12.5 Å². The maximum atomic E-state index is 13.4. The van der Waals surface area contributed by atoms with Gasteiger partial charge in [-0.1, -0.05) is 17.7 Å². The van der Waals surface area contributed by atoms with E-state index >= 15 is 0 Å². The Morgan fingerprint density at radius 3 is 3.00 bits per heavy atom. The van der Waals surface area contributed by atoms with E-state index in [0.29, 0.717) is 11.7 Å². The molecule has 1 aromatic carbocycles. The van der Waals surface area contributed by atoms with E-state index in [-0.39, 0.29) is 16.6 Å². The number of nitrogens with one attached hydrogen (secondary N) is 2. The smallest absolute Gasteiger partial charge is 0.187 e. The monoisotopic (exact) mass is 303 g/mol. The highest BCUT2D eigenvalue weighted by Crippen LogP contribution is 2.16. The van der Waals surface area contributed by atoms with E-state index in [4.69, 9.17) is 28.6 Å². The van der Waals surface area contributed by atoms with Gasteiger partial charge in [-0.2, -0.15) is 5.10 Å². The van der Waals surface area contributed by atoms with Crippen LogP contribution in [0, 0.1) is 5.82 Å². The van der Waals surface area contributed by atoms with Gasteiger partial charge in [-0.05, 0) is 31.3 Å². The molecular formula is C12H15ClFN3OS. The number of thiocarbonyl (C=S) groups is 1. The molecule has 0 amide bonds. The van der Waals surface area contributed by atoms with Crippen LogP contribution in [0.3, 0.4) is 0 Å². The number of benzene rings is 1. The molecule has 0 unspecified atom stereocenters. The molecule has 0 radical (unpaired) electrons. The minimum absolute atomic E-state index is 0.0530. The van der Waals surface area contributed by atoms with Gasteiger partial charge >= 0.3 is 0 Å². The first kappa shape index (κ1) is 15.8. The van der Waals surface area contributed by atoms with Crippen LogP contribution >= 0.6 is 23.8 Å². The van der Waals surface area contributed by atoms with Crippen LogP contribution in [0.15, 0.2) is 23.3 Å². The molecule has 1 rings (SSSR count).